The van der Waals surface area contributed by atoms with Crippen LogP contribution < -0.4 is 30.3 Å². The van der Waals surface area contributed by atoms with Gasteiger partial charge in [-0.2, -0.15) is 0 Å². The molecule has 162 valence electrons. The molecule has 0 radical (unpaired) electrons. The van der Waals surface area contributed by atoms with E-state index in [4.69, 9.17) is 9.47 Å². The predicted octanol–water partition coefficient (Wildman–Crippen LogP) is 4.26. The number of nitrogens with one attached hydrogen (secondary N) is 3. The maximum atomic E-state index is 12.3. The first-order chi connectivity index (χ1) is 14.9. The minimum absolute atomic E-state index is 0.366. The fourth-order valence-electron chi connectivity index (χ4n) is 2.84. The molecule has 0 aliphatic heterocycles. The monoisotopic (exact) mass is 422 g/mol. The van der Waals surface area contributed by atoms with Crippen LogP contribution in [-0.2, 0) is 0 Å². The lowest BCUT2D eigenvalue weighted by Crippen LogP contribution is -2.19. The van der Waals surface area contributed by atoms with Crippen LogP contribution in [0.4, 0.5) is 33.5 Å². The Balaban J connectivity index is 1.62. The lowest BCUT2D eigenvalue weighted by molar-refractivity contribution is 0.262. The number of rotatable bonds is 7. The van der Waals surface area contributed by atoms with Crippen LogP contribution in [0.3, 0.4) is 0 Å². The summed E-state index contributed by atoms with van der Waals surface area (Å²) >= 11 is 0. The van der Waals surface area contributed by atoms with E-state index in [9.17, 15) is 4.79 Å². The number of carbonyl (C=O) groups is 1. The van der Waals surface area contributed by atoms with E-state index in [2.05, 4.69) is 25.9 Å². The van der Waals surface area contributed by atoms with E-state index >= 15 is 0 Å². The Morgan fingerprint density at radius 2 is 1.45 bits per heavy atom. The van der Waals surface area contributed by atoms with Crippen molar-refractivity contribution >= 4 is 34.7 Å². The van der Waals surface area contributed by atoms with Gasteiger partial charge in [0, 0.05) is 43.3 Å². The Hall–Kier alpha value is -4.01. The van der Waals surface area contributed by atoms with E-state index in [0.29, 0.717) is 34.5 Å². The van der Waals surface area contributed by atoms with E-state index in [-0.39, 0.29) is 6.03 Å². The summed E-state index contributed by atoms with van der Waals surface area (Å²) in [6.07, 6.45) is 0. The van der Waals surface area contributed by atoms with Crippen LogP contribution in [0, 0.1) is 6.92 Å². The van der Waals surface area contributed by atoms with E-state index in [1.807, 2.05) is 44.1 Å². The highest BCUT2D eigenvalue weighted by molar-refractivity contribution is 6.00. The number of aryl methyl sites for hydroxylation is 1. The highest BCUT2D eigenvalue weighted by Crippen LogP contribution is 2.29. The number of hydrogen-bond donors (Lipinski definition) is 3. The quantitative estimate of drug-likeness (QED) is 0.523. The molecule has 3 rings (SSSR count). The van der Waals surface area contributed by atoms with Crippen molar-refractivity contribution in [1.82, 2.24) is 9.97 Å². The molecular formula is C22H26N6O3. The molecule has 0 fully saturated rings. The van der Waals surface area contributed by atoms with Gasteiger partial charge in [-0.25, -0.2) is 14.8 Å². The van der Waals surface area contributed by atoms with Crippen LogP contribution in [0.5, 0.6) is 11.5 Å². The number of aromatic nitrogens is 2. The predicted molar refractivity (Wildman–Crippen MR) is 123 cm³/mol. The number of hydrogen-bond acceptors (Lipinski definition) is 7. The molecule has 2 amide bonds. The number of anilines is 5. The van der Waals surface area contributed by atoms with Crippen molar-refractivity contribution in [1.29, 1.82) is 0 Å². The van der Waals surface area contributed by atoms with Crippen LogP contribution in [-0.4, -0.2) is 44.3 Å². The molecule has 31 heavy (non-hydrogen) atoms. The molecule has 3 aromatic rings. The van der Waals surface area contributed by atoms with Crippen LogP contribution in [0.15, 0.2) is 48.5 Å². The van der Waals surface area contributed by atoms with Crippen molar-refractivity contribution < 1.29 is 14.3 Å². The fourth-order valence-corrected chi connectivity index (χ4v) is 2.84. The van der Waals surface area contributed by atoms with Crippen molar-refractivity contribution in [3.05, 3.63) is 54.4 Å². The number of amides is 2. The number of carbonyl (C=O) groups excluding carboxylic acids is 1. The molecular weight excluding hydrogens is 396 g/mol. The van der Waals surface area contributed by atoms with Gasteiger partial charge in [-0.1, -0.05) is 0 Å². The third-order valence-corrected chi connectivity index (χ3v) is 4.34. The van der Waals surface area contributed by atoms with Gasteiger partial charge in [0.25, 0.3) is 0 Å². The first kappa shape index (κ1) is 21.7. The zero-order chi connectivity index (χ0) is 22.4. The van der Waals surface area contributed by atoms with Gasteiger partial charge in [0.1, 0.15) is 17.5 Å². The number of urea groups is 1. The molecule has 2 aromatic carbocycles. The molecule has 3 N–H and O–H groups in total. The van der Waals surface area contributed by atoms with Crippen molar-refractivity contribution in [3.63, 3.8) is 0 Å². The Bertz CT molecular complexity index is 1050. The second-order valence-corrected chi connectivity index (χ2v) is 6.90. The summed E-state index contributed by atoms with van der Waals surface area (Å²) < 4.78 is 10.5. The smallest absolute Gasteiger partial charge is 0.323 e. The average molecular weight is 422 g/mol. The van der Waals surface area contributed by atoms with Gasteiger partial charge in [0.2, 0.25) is 0 Å². The van der Waals surface area contributed by atoms with E-state index in [1.165, 1.54) is 0 Å². The molecule has 0 saturated carbocycles. The summed E-state index contributed by atoms with van der Waals surface area (Å²) in [7, 11) is 6.96. The molecule has 0 spiro atoms. The number of ether oxygens (including phenoxy) is 2. The average Bonchev–Trinajstić information content (AvgIpc) is 2.74. The molecule has 0 saturated heterocycles. The van der Waals surface area contributed by atoms with Crippen molar-refractivity contribution in [2.24, 2.45) is 0 Å². The Labute approximate surface area is 181 Å². The van der Waals surface area contributed by atoms with Crippen LogP contribution in [0.25, 0.3) is 0 Å². The highest BCUT2D eigenvalue weighted by atomic mass is 16.5. The third kappa shape index (κ3) is 5.75. The molecule has 0 aliphatic rings. The molecule has 9 heteroatoms. The zero-order valence-corrected chi connectivity index (χ0v) is 18.2. The van der Waals surface area contributed by atoms with Gasteiger partial charge in [0.15, 0.2) is 11.5 Å². The Kier molecular flexibility index (Phi) is 6.76. The van der Waals surface area contributed by atoms with Gasteiger partial charge in [-0.05, 0) is 43.3 Å². The summed E-state index contributed by atoms with van der Waals surface area (Å²) in [6.45, 7) is 1.85. The SMILES string of the molecule is COc1ccc(NC(=O)Nc2ccc(Nc3cc(N(C)C)nc(C)n3)cc2)cc1OC. The zero-order valence-electron chi connectivity index (χ0n) is 18.2. The van der Waals surface area contributed by atoms with E-state index < -0.39 is 0 Å². The largest absolute Gasteiger partial charge is 0.493 e. The molecule has 0 unspecified atom stereocenters. The van der Waals surface area contributed by atoms with Crippen LogP contribution in [0.1, 0.15) is 5.82 Å². The van der Waals surface area contributed by atoms with Crippen LogP contribution in [0.2, 0.25) is 0 Å². The fraction of sp³-hybridized carbons (Fsp3) is 0.227. The van der Waals surface area contributed by atoms with Crippen molar-refractivity contribution in [2.45, 2.75) is 6.92 Å². The second kappa shape index (κ2) is 9.66. The van der Waals surface area contributed by atoms with Crippen molar-refractivity contribution in [3.8, 4) is 11.5 Å². The second-order valence-electron chi connectivity index (χ2n) is 6.90. The number of methoxy groups -OCH3 is 2. The lowest BCUT2D eigenvalue weighted by Gasteiger charge is -2.14. The lowest BCUT2D eigenvalue weighted by atomic mass is 10.2. The Morgan fingerprint density at radius 3 is 2.10 bits per heavy atom. The molecule has 0 bridgehead atoms. The maximum absolute atomic E-state index is 12.3. The maximum Gasteiger partial charge on any atom is 0.323 e. The van der Waals surface area contributed by atoms with Crippen LogP contribution >= 0.6 is 0 Å². The molecule has 0 atom stereocenters. The topological polar surface area (TPSA) is 101 Å². The van der Waals surface area contributed by atoms with E-state index in [0.717, 1.165) is 11.5 Å². The highest BCUT2D eigenvalue weighted by Gasteiger charge is 2.08. The summed E-state index contributed by atoms with van der Waals surface area (Å²) in [6, 6.07) is 14.0. The Morgan fingerprint density at radius 1 is 0.839 bits per heavy atom. The summed E-state index contributed by atoms with van der Waals surface area (Å²) in [5, 5.41) is 8.82. The molecule has 9 nitrogen and oxygen atoms in total. The van der Waals surface area contributed by atoms with Gasteiger partial charge in [-0.15, -0.1) is 0 Å². The summed E-state index contributed by atoms with van der Waals surface area (Å²) in [5.74, 6) is 3.32. The standard InChI is InChI=1S/C22H26N6O3/c1-14-23-20(13-21(24-14)28(2)3)25-15-6-8-16(9-7-15)26-22(29)27-17-10-11-18(30-4)19(12-17)31-5/h6-13H,1-5H3,(H,23,24,25)(H2,26,27,29). The molecule has 0 aliphatic carbocycles. The van der Waals surface area contributed by atoms with Gasteiger partial charge >= 0.3 is 6.03 Å². The first-order valence-electron chi connectivity index (χ1n) is 9.58. The third-order valence-electron chi connectivity index (χ3n) is 4.34. The molecule has 1 heterocycles. The van der Waals surface area contributed by atoms with E-state index in [1.54, 1.807) is 44.6 Å². The number of benzene rings is 2. The summed E-state index contributed by atoms with van der Waals surface area (Å²) in [5.41, 5.74) is 2.08. The minimum Gasteiger partial charge on any atom is -0.493 e. The van der Waals surface area contributed by atoms with Gasteiger partial charge in [-0.3, -0.25) is 0 Å². The number of nitrogens with zero attached hydrogens (tertiary/aromatic N) is 3. The minimum atomic E-state index is -0.366. The van der Waals surface area contributed by atoms with Crippen molar-refractivity contribution in [2.75, 3.05) is 49.2 Å². The first-order valence-corrected chi connectivity index (χ1v) is 9.58. The normalized spacial score (nSPS) is 10.2. The summed E-state index contributed by atoms with van der Waals surface area (Å²) in [4.78, 5) is 23.0. The van der Waals surface area contributed by atoms with Gasteiger partial charge in [0.05, 0.1) is 14.2 Å². The van der Waals surface area contributed by atoms with Gasteiger partial charge < -0.3 is 30.3 Å². The molecule has 1 aromatic heterocycles.